The van der Waals surface area contributed by atoms with Gasteiger partial charge in [-0.2, -0.15) is 5.10 Å². The lowest BCUT2D eigenvalue weighted by molar-refractivity contribution is -0.0167. The Balaban J connectivity index is 1.43. The third-order valence-electron chi connectivity index (χ3n) is 7.53. The molecule has 4 heterocycles. The van der Waals surface area contributed by atoms with Crippen molar-refractivity contribution in [3.05, 3.63) is 73.3 Å². The van der Waals surface area contributed by atoms with Gasteiger partial charge < -0.3 is 4.43 Å². The van der Waals surface area contributed by atoms with Crippen LogP contribution in [-0.2, 0) is 4.43 Å². The van der Waals surface area contributed by atoms with E-state index >= 15 is 0 Å². The minimum absolute atomic E-state index is 0.0159. The van der Waals surface area contributed by atoms with Gasteiger partial charge in [-0.3, -0.25) is 4.90 Å². The molecule has 2 aromatic carbocycles. The van der Waals surface area contributed by atoms with Crippen molar-refractivity contribution < 1.29 is 4.43 Å². The smallest absolute Gasteiger partial charge is 0.261 e. The first-order valence-corrected chi connectivity index (χ1v) is 13.7. The van der Waals surface area contributed by atoms with E-state index in [1.54, 1.807) is 6.33 Å². The molecule has 0 N–H and O–H groups in total. The fourth-order valence-corrected chi connectivity index (χ4v) is 10.6. The highest BCUT2D eigenvalue weighted by molar-refractivity contribution is 6.99. The molecule has 0 aliphatic carbocycles. The molecule has 32 heavy (non-hydrogen) atoms. The van der Waals surface area contributed by atoms with Crippen molar-refractivity contribution in [1.82, 2.24) is 19.7 Å². The largest absolute Gasteiger partial charge is 0.406 e. The van der Waals surface area contributed by atoms with E-state index in [9.17, 15) is 0 Å². The van der Waals surface area contributed by atoms with E-state index in [0.717, 1.165) is 19.7 Å². The predicted octanol–water partition coefficient (Wildman–Crippen LogP) is 3.49. The number of hydrogen-bond acceptors (Lipinski definition) is 4. The minimum Gasteiger partial charge on any atom is -0.406 e. The van der Waals surface area contributed by atoms with Gasteiger partial charge in [-0.1, -0.05) is 81.4 Å². The molecular weight excluding hydrogens is 412 g/mol. The van der Waals surface area contributed by atoms with Gasteiger partial charge in [-0.25, -0.2) is 9.67 Å². The van der Waals surface area contributed by atoms with Gasteiger partial charge in [-0.05, 0) is 40.7 Å². The van der Waals surface area contributed by atoms with Gasteiger partial charge in [0.2, 0.25) is 0 Å². The normalized spacial score (nSPS) is 25.7. The summed E-state index contributed by atoms with van der Waals surface area (Å²) >= 11 is 0. The van der Waals surface area contributed by atoms with Gasteiger partial charge in [0.15, 0.2) is 0 Å². The first-order valence-electron chi connectivity index (χ1n) is 11.8. The average Bonchev–Trinajstić information content (AvgIpc) is 3.35. The van der Waals surface area contributed by atoms with Crippen molar-refractivity contribution in [2.75, 3.05) is 19.7 Å². The molecule has 1 unspecified atom stereocenters. The Morgan fingerprint density at radius 3 is 2.16 bits per heavy atom. The van der Waals surface area contributed by atoms with Crippen molar-refractivity contribution in [3.8, 4) is 0 Å². The molecule has 3 aromatic rings. The van der Waals surface area contributed by atoms with Gasteiger partial charge in [0, 0.05) is 12.6 Å². The first-order chi connectivity index (χ1) is 15.5. The van der Waals surface area contributed by atoms with E-state index in [1.165, 1.54) is 23.2 Å². The fraction of sp³-hybridized carbons (Fsp3) is 0.462. The van der Waals surface area contributed by atoms with Crippen LogP contribution in [0.25, 0.3) is 0 Å². The molecule has 3 saturated heterocycles. The summed E-state index contributed by atoms with van der Waals surface area (Å²) in [5, 5.41) is 7.16. The molecule has 6 rings (SSSR count). The van der Waals surface area contributed by atoms with Crippen LogP contribution in [0, 0.1) is 5.92 Å². The molecule has 2 bridgehead atoms. The summed E-state index contributed by atoms with van der Waals surface area (Å²) in [5.74, 6) is 0.648. The molecule has 0 saturated carbocycles. The summed E-state index contributed by atoms with van der Waals surface area (Å²) < 4.78 is 9.31. The van der Waals surface area contributed by atoms with Crippen LogP contribution in [0.5, 0.6) is 0 Å². The molecule has 4 atom stereocenters. The van der Waals surface area contributed by atoms with Crippen molar-refractivity contribution >= 4 is 18.7 Å². The van der Waals surface area contributed by atoms with Crippen LogP contribution in [0.15, 0.2) is 73.3 Å². The summed E-state index contributed by atoms with van der Waals surface area (Å²) in [5.41, 5.74) is 0. The van der Waals surface area contributed by atoms with Crippen molar-refractivity contribution in [2.24, 2.45) is 5.92 Å². The third kappa shape index (κ3) is 3.74. The predicted molar refractivity (Wildman–Crippen MR) is 131 cm³/mol. The molecule has 0 radical (unpaired) electrons. The van der Waals surface area contributed by atoms with Crippen molar-refractivity contribution in [3.63, 3.8) is 0 Å². The molecule has 1 aromatic heterocycles. The number of hydrogen-bond donors (Lipinski definition) is 0. The van der Waals surface area contributed by atoms with Crippen LogP contribution in [-0.4, -0.2) is 53.7 Å². The Morgan fingerprint density at radius 1 is 1.00 bits per heavy atom. The van der Waals surface area contributed by atoms with Crippen LogP contribution in [0.2, 0.25) is 5.04 Å². The van der Waals surface area contributed by atoms with E-state index < -0.39 is 8.32 Å². The maximum atomic E-state index is 7.25. The Labute approximate surface area is 192 Å². The standard InChI is InChI=1S/C26H34N4OSi/c1-26(2,3)32(23-10-6-4-7-11-23,24-12-8-5-9-13-24)31-18-22-16-21-14-15-29(22)17-25(21)30-20-27-19-28-30/h4-13,19-22,25H,14-18H2,1-3H3/t21-,22+,25-/m0/s1. The second kappa shape index (κ2) is 8.58. The SMILES string of the molecule is CC(C)(C)[Si](OC[C@H]1C[C@@H]2CCN1C[C@@H]2n1cncn1)(c1ccccc1)c1ccccc1. The number of benzene rings is 2. The zero-order valence-electron chi connectivity index (χ0n) is 19.4. The minimum atomic E-state index is -2.49. The zero-order chi connectivity index (χ0) is 22.2. The maximum Gasteiger partial charge on any atom is 0.261 e. The number of piperidine rings is 3. The van der Waals surface area contributed by atoms with E-state index in [0.29, 0.717) is 18.0 Å². The van der Waals surface area contributed by atoms with Crippen LogP contribution in [0.4, 0.5) is 0 Å². The number of fused-ring (bicyclic) bond motifs is 3. The molecule has 168 valence electrons. The molecule has 6 heteroatoms. The molecule has 0 spiro atoms. The van der Waals surface area contributed by atoms with Crippen LogP contribution >= 0.6 is 0 Å². The van der Waals surface area contributed by atoms with E-state index in [2.05, 4.69) is 101 Å². The van der Waals surface area contributed by atoms with Crippen LogP contribution in [0.1, 0.15) is 39.7 Å². The highest BCUT2D eigenvalue weighted by Gasteiger charge is 2.51. The fourth-order valence-electron chi connectivity index (χ4n) is 5.95. The molecule has 5 nitrogen and oxygen atoms in total. The van der Waals surface area contributed by atoms with Gasteiger partial charge in [0.05, 0.1) is 12.6 Å². The maximum absolute atomic E-state index is 7.25. The molecule has 3 fully saturated rings. The summed E-state index contributed by atoms with van der Waals surface area (Å²) in [7, 11) is -2.49. The zero-order valence-corrected chi connectivity index (χ0v) is 20.4. The molecule has 0 amide bonds. The van der Waals surface area contributed by atoms with Gasteiger partial charge in [0.25, 0.3) is 8.32 Å². The monoisotopic (exact) mass is 446 g/mol. The number of nitrogens with zero attached hydrogens (tertiary/aromatic N) is 4. The Kier molecular flexibility index (Phi) is 5.78. The second-order valence-corrected chi connectivity index (χ2v) is 14.7. The summed E-state index contributed by atoms with van der Waals surface area (Å²) in [6.07, 6.45) is 5.94. The molecule has 3 aliphatic rings. The molecular formula is C26H34N4OSi. The lowest BCUT2D eigenvalue weighted by Gasteiger charge is -2.51. The summed E-state index contributed by atoms with van der Waals surface area (Å²) in [6.45, 7) is 10.1. The number of rotatable bonds is 6. The van der Waals surface area contributed by atoms with Crippen molar-refractivity contribution in [2.45, 2.75) is 50.7 Å². The molecule has 3 aliphatic heterocycles. The highest BCUT2D eigenvalue weighted by Crippen LogP contribution is 2.41. The van der Waals surface area contributed by atoms with Gasteiger partial charge in [0.1, 0.15) is 12.7 Å². The van der Waals surface area contributed by atoms with Crippen LogP contribution in [0.3, 0.4) is 0 Å². The van der Waals surface area contributed by atoms with E-state index in [4.69, 9.17) is 4.43 Å². The Hall–Kier alpha value is -2.28. The number of aromatic nitrogens is 3. The lowest BCUT2D eigenvalue weighted by Crippen LogP contribution is -2.68. The van der Waals surface area contributed by atoms with Crippen LogP contribution < -0.4 is 10.4 Å². The summed E-state index contributed by atoms with van der Waals surface area (Å²) in [6, 6.07) is 22.8. The Bertz CT molecular complexity index is 964. The van der Waals surface area contributed by atoms with Gasteiger partial charge in [-0.15, -0.1) is 0 Å². The quantitative estimate of drug-likeness (QED) is 0.544. The van der Waals surface area contributed by atoms with E-state index in [1.807, 2.05) is 6.33 Å². The van der Waals surface area contributed by atoms with E-state index in [-0.39, 0.29) is 5.04 Å². The average molecular weight is 447 g/mol. The third-order valence-corrected chi connectivity index (χ3v) is 12.5. The second-order valence-electron chi connectivity index (χ2n) is 10.4. The summed E-state index contributed by atoms with van der Waals surface area (Å²) in [4.78, 5) is 6.81. The Morgan fingerprint density at radius 2 is 1.66 bits per heavy atom. The van der Waals surface area contributed by atoms with Crippen molar-refractivity contribution in [1.29, 1.82) is 0 Å². The highest BCUT2D eigenvalue weighted by atomic mass is 28.4. The topological polar surface area (TPSA) is 43.2 Å². The lowest BCUT2D eigenvalue weighted by atomic mass is 9.80. The first kappa shape index (κ1) is 21.6. The van der Waals surface area contributed by atoms with Gasteiger partial charge >= 0.3 is 0 Å².